The molecule has 0 fully saturated rings. The first kappa shape index (κ1) is 18.4. The lowest BCUT2D eigenvalue weighted by Crippen LogP contribution is -2.28. The van der Waals surface area contributed by atoms with Crippen molar-refractivity contribution >= 4 is 28.8 Å². The molecule has 0 aliphatic rings. The summed E-state index contributed by atoms with van der Waals surface area (Å²) >= 11 is 7.34. The fourth-order valence-electron chi connectivity index (χ4n) is 2.45. The molecule has 0 radical (unpaired) electrons. The van der Waals surface area contributed by atoms with E-state index in [0.29, 0.717) is 11.6 Å². The molecule has 4 nitrogen and oxygen atoms in total. The number of benzene rings is 2. The SMILES string of the molecule is C[C@H](NC(=O)Cc1csc(COc2ccc(Cl)cc2)n1)c1ccccc1. The second-order valence-corrected chi connectivity index (χ2v) is 7.23. The number of nitrogens with zero attached hydrogens (tertiary/aromatic N) is 1. The van der Waals surface area contributed by atoms with Crippen molar-refractivity contribution in [3.8, 4) is 5.75 Å². The Labute approximate surface area is 161 Å². The molecule has 0 aliphatic carbocycles. The molecule has 1 N–H and O–H groups in total. The van der Waals surface area contributed by atoms with Crippen molar-refractivity contribution in [2.75, 3.05) is 0 Å². The standard InChI is InChI=1S/C20H19ClN2O2S/c1-14(15-5-3-2-4-6-15)22-19(24)11-17-13-26-20(23-17)12-25-18-9-7-16(21)8-10-18/h2-10,13-14H,11-12H2,1H3,(H,22,24)/t14-/m0/s1. The van der Waals surface area contributed by atoms with Crippen LogP contribution >= 0.6 is 22.9 Å². The summed E-state index contributed by atoms with van der Waals surface area (Å²) in [7, 11) is 0. The van der Waals surface area contributed by atoms with Crippen LogP contribution in [0, 0.1) is 0 Å². The van der Waals surface area contributed by atoms with Crippen LogP contribution in [0.1, 0.15) is 29.2 Å². The normalized spacial score (nSPS) is 11.8. The van der Waals surface area contributed by atoms with E-state index >= 15 is 0 Å². The number of rotatable bonds is 7. The van der Waals surface area contributed by atoms with Gasteiger partial charge in [-0.15, -0.1) is 11.3 Å². The average molecular weight is 387 g/mol. The van der Waals surface area contributed by atoms with Gasteiger partial charge in [-0.25, -0.2) is 4.98 Å². The van der Waals surface area contributed by atoms with Gasteiger partial charge in [0, 0.05) is 10.4 Å². The summed E-state index contributed by atoms with van der Waals surface area (Å²) in [4.78, 5) is 16.7. The highest BCUT2D eigenvalue weighted by Crippen LogP contribution is 2.18. The second kappa shape index (κ2) is 8.83. The van der Waals surface area contributed by atoms with Gasteiger partial charge in [-0.3, -0.25) is 4.79 Å². The minimum absolute atomic E-state index is 0.0324. The highest BCUT2D eigenvalue weighted by atomic mass is 35.5. The summed E-state index contributed by atoms with van der Waals surface area (Å²) in [6.45, 7) is 2.34. The zero-order valence-corrected chi connectivity index (χ0v) is 15.9. The number of ether oxygens (including phenoxy) is 1. The third-order valence-electron chi connectivity index (χ3n) is 3.79. The molecule has 134 valence electrons. The van der Waals surface area contributed by atoms with E-state index in [-0.39, 0.29) is 18.4 Å². The van der Waals surface area contributed by atoms with Crippen LogP contribution in [0.2, 0.25) is 5.02 Å². The van der Waals surface area contributed by atoms with Gasteiger partial charge in [-0.1, -0.05) is 41.9 Å². The van der Waals surface area contributed by atoms with Crippen LogP contribution in [0.4, 0.5) is 0 Å². The van der Waals surface area contributed by atoms with Gasteiger partial charge in [0.2, 0.25) is 5.91 Å². The van der Waals surface area contributed by atoms with Gasteiger partial charge < -0.3 is 10.1 Å². The lowest BCUT2D eigenvalue weighted by atomic mass is 10.1. The number of halogens is 1. The Kier molecular flexibility index (Phi) is 6.26. The third-order valence-corrected chi connectivity index (χ3v) is 4.92. The van der Waals surface area contributed by atoms with Crippen LogP contribution in [0.15, 0.2) is 60.0 Å². The van der Waals surface area contributed by atoms with E-state index in [2.05, 4.69) is 10.3 Å². The van der Waals surface area contributed by atoms with E-state index in [9.17, 15) is 4.79 Å². The molecule has 0 spiro atoms. The minimum Gasteiger partial charge on any atom is -0.486 e. The maximum atomic E-state index is 12.2. The summed E-state index contributed by atoms with van der Waals surface area (Å²) in [5, 5.41) is 6.40. The van der Waals surface area contributed by atoms with Crippen LogP contribution in [0.25, 0.3) is 0 Å². The van der Waals surface area contributed by atoms with E-state index in [1.165, 1.54) is 11.3 Å². The fourth-order valence-corrected chi connectivity index (χ4v) is 3.29. The predicted octanol–water partition coefficient (Wildman–Crippen LogP) is 4.80. The highest BCUT2D eigenvalue weighted by Gasteiger charge is 2.12. The number of carbonyl (C=O) groups is 1. The summed E-state index contributed by atoms with van der Waals surface area (Å²) in [5.74, 6) is 0.692. The van der Waals surface area contributed by atoms with Crippen molar-refractivity contribution < 1.29 is 9.53 Å². The summed E-state index contributed by atoms with van der Waals surface area (Å²) in [6, 6.07) is 17.0. The largest absolute Gasteiger partial charge is 0.486 e. The molecule has 1 aromatic heterocycles. The Morgan fingerprint density at radius 1 is 1.19 bits per heavy atom. The van der Waals surface area contributed by atoms with Crippen molar-refractivity contribution in [2.24, 2.45) is 0 Å². The Bertz CT molecular complexity index is 850. The highest BCUT2D eigenvalue weighted by molar-refractivity contribution is 7.09. The van der Waals surface area contributed by atoms with Gasteiger partial charge in [0.1, 0.15) is 17.4 Å². The first-order valence-corrected chi connectivity index (χ1v) is 9.52. The molecule has 2 aromatic carbocycles. The second-order valence-electron chi connectivity index (χ2n) is 5.85. The van der Waals surface area contributed by atoms with Crippen molar-refractivity contribution in [3.05, 3.63) is 81.3 Å². The van der Waals surface area contributed by atoms with Crippen molar-refractivity contribution in [2.45, 2.75) is 26.0 Å². The minimum atomic E-state index is -0.0446. The lowest BCUT2D eigenvalue weighted by Gasteiger charge is -2.13. The quantitative estimate of drug-likeness (QED) is 0.634. The Morgan fingerprint density at radius 2 is 1.92 bits per heavy atom. The van der Waals surface area contributed by atoms with Crippen LogP contribution in [0.3, 0.4) is 0 Å². The van der Waals surface area contributed by atoms with E-state index in [0.717, 1.165) is 22.0 Å². The Hall–Kier alpha value is -2.37. The molecule has 0 saturated carbocycles. The smallest absolute Gasteiger partial charge is 0.226 e. The van der Waals surface area contributed by atoms with Gasteiger partial charge >= 0.3 is 0 Å². The summed E-state index contributed by atoms with van der Waals surface area (Å²) in [5.41, 5.74) is 1.83. The summed E-state index contributed by atoms with van der Waals surface area (Å²) < 4.78 is 5.68. The van der Waals surface area contributed by atoms with E-state index in [1.54, 1.807) is 12.1 Å². The van der Waals surface area contributed by atoms with E-state index in [1.807, 2.05) is 54.8 Å². The number of amides is 1. The molecule has 1 amide bonds. The average Bonchev–Trinajstić information content (AvgIpc) is 3.09. The topological polar surface area (TPSA) is 51.2 Å². The Balaban J connectivity index is 1.49. The molecular weight excluding hydrogens is 368 g/mol. The molecule has 0 aliphatic heterocycles. The maximum Gasteiger partial charge on any atom is 0.226 e. The number of hydrogen-bond donors (Lipinski definition) is 1. The molecule has 26 heavy (non-hydrogen) atoms. The first-order valence-electron chi connectivity index (χ1n) is 8.26. The van der Waals surface area contributed by atoms with Crippen LogP contribution < -0.4 is 10.1 Å². The number of hydrogen-bond acceptors (Lipinski definition) is 4. The molecule has 0 bridgehead atoms. The van der Waals surface area contributed by atoms with Crippen molar-refractivity contribution in [3.63, 3.8) is 0 Å². The molecule has 0 unspecified atom stereocenters. The molecule has 0 saturated heterocycles. The Morgan fingerprint density at radius 3 is 2.65 bits per heavy atom. The van der Waals surface area contributed by atoms with Gasteiger partial charge in [0.15, 0.2) is 0 Å². The van der Waals surface area contributed by atoms with E-state index in [4.69, 9.17) is 16.3 Å². The molecule has 1 heterocycles. The van der Waals surface area contributed by atoms with Crippen LogP contribution in [-0.2, 0) is 17.8 Å². The van der Waals surface area contributed by atoms with Crippen molar-refractivity contribution in [1.82, 2.24) is 10.3 Å². The first-order chi connectivity index (χ1) is 12.6. The lowest BCUT2D eigenvalue weighted by molar-refractivity contribution is -0.121. The monoisotopic (exact) mass is 386 g/mol. The van der Waals surface area contributed by atoms with Gasteiger partial charge in [0.05, 0.1) is 18.2 Å². The molecule has 6 heteroatoms. The van der Waals surface area contributed by atoms with Crippen molar-refractivity contribution in [1.29, 1.82) is 0 Å². The zero-order chi connectivity index (χ0) is 18.4. The number of carbonyl (C=O) groups excluding carboxylic acids is 1. The fraction of sp³-hybridized carbons (Fsp3) is 0.200. The zero-order valence-electron chi connectivity index (χ0n) is 14.3. The van der Waals surface area contributed by atoms with Gasteiger partial charge in [-0.05, 0) is 36.8 Å². The maximum absolute atomic E-state index is 12.2. The molecule has 3 aromatic rings. The third kappa shape index (κ3) is 5.31. The summed E-state index contributed by atoms with van der Waals surface area (Å²) in [6.07, 6.45) is 0.259. The van der Waals surface area contributed by atoms with Crippen LogP contribution in [0.5, 0.6) is 5.75 Å². The molecule has 3 rings (SSSR count). The predicted molar refractivity (Wildman–Crippen MR) is 105 cm³/mol. The number of aromatic nitrogens is 1. The molecular formula is C20H19ClN2O2S. The van der Waals surface area contributed by atoms with Gasteiger partial charge in [0.25, 0.3) is 0 Å². The van der Waals surface area contributed by atoms with Gasteiger partial charge in [-0.2, -0.15) is 0 Å². The number of nitrogens with one attached hydrogen (secondary N) is 1. The number of thiazole rings is 1. The van der Waals surface area contributed by atoms with Crippen LogP contribution in [-0.4, -0.2) is 10.9 Å². The van der Waals surface area contributed by atoms with E-state index < -0.39 is 0 Å². The molecule has 1 atom stereocenters.